The standard InChI is InChI=1S/C25H28N2O4/c1-18(15-24(28)30-2)27(17-19-9-5-4-6-10-19)23-14-13-22(26-16-25(29)31-3)20-11-7-8-12-21(20)23/h4-14,18,26H,15-17H2,1-3H3. The predicted octanol–water partition coefficient (Wildman–Crippen LogP) is 4.38. The second-order valence-corrected chi connectivity index (χ2v) is 7.35. The average Bonchev–Trinajstić information content (AvgIpc) is 2.81. The molecule has 6 heteroatoms. The van der Waals surface area contributed by atoms with Gasteiger partial charge in [-0.05, 0) is 24.6 Å². The van der Waals surface area contributed by atoms with Gasteiger partial charge >= 0.3 is 11.9 Å². The molecule has 0 heterocycles. The number of methoxy groups -OCH3 is 2. The van der Waals surface area contributed by atoms with Gasteiger partial charge in [0.2, 0.25) is 0 Å². The van der Waals surface area contributed by atoms with Crippen molar-refractivity contribution in [1.82, 2.24) is 0 Å². The summed E-state index contributed by atoms with van der Waals surface area (Å²) < 4.78 is 9.65. The molecular formula is C25H28N2O4. The van der Waals surface area contributed by atoms with Crippen molar-refractivity contribution in [2.75, 3.05) is 31.0 Å². The van der Waals surface area contributed by atoms with Crippen molar-refractivity contribution in [2.24, 2.45) is 0 Å². The van der Waals surface area contributed by atoms with E-state index < -0.39 is 0 Å². The number of carbonyl (C=O) groups is 2. The zero-order chi connectivity index (χ0) is 22.2. The minimum Gasteiger partial charge on any atom is -0.469 e. The molecule has 0 spiro atoms. The third kappa shape index (κ3) is 5.54. The fraction of sp³-hybridized carbons (Fsp3) is 0.280. The summed E-state index contributed by atoms with van der Waals surface area (Å²) in [5.41, 5.74) is 3.01. The highest BCUT2D eigenvalue weighted by atomic mass is 16.5. The van der Waals surface area contributed by atoms with Crippen LogP contribution in [0.25, 0.3) is 10.8 Å². The van der Waals surface area contributed by atoms with E-state index in [9.17, 15) is 9.59 Å². The molecule has 0 radical (unpaired) electrons. The molecule has 1 unspecified atom stereocenters. The maximum absolute atomic E-state index is 12.0. The minimum absolute atomic E-state index is 0.0788. The summed E-state index contributed by atoms with van der Waals surface area (Å²) >= 11 is 0. The van der Waals surface area contributed by atoms with E-state index in [0.717, 1.165) is 27.7 Å². The smallest absolute Gasteiger partial charge is 0.325 e. The van der Waals surface area contributed by atoms with Crippen LogP contribution in [0.2, 0.25) is 0 Å². The van der Waals surface area contributed by atoms with Crippen LogP contribution in [0.3, 0.4) is 0 Å². The summed E-state index contributed by atoms with van der Waals surface area (Å²) in [5.74, 6) is -0.572. The molecule has 0 aliphatic carbocycles. The molecule has 0 bridgehead atoms. The Balaban J connectivity index is 2.02. The summed E-state index contributed by atoms with van der Waals surface area (Å²) in [4.78, 5) is 25.8. The molecule has 0 saturated carbocycles. The first-order valence-corrected chi connectivity index (χ1v) is 10.2. The molecule has 0 amide bonds. The summed E-state index contributed by atoms with van der Waals surface area (Å²) in [7, 11) is 2.78. The number of ether oxygens (including phenoxy) is 2. The second kappa shape index (κ2) is 10.5. The van der Waals surface area contributed by atoms with E-state index in [0.29, 0.717) is 6.54 Å². The lowest BCUT2D eigenvalue weighted by molar-refractivity contribution is -0.141. The Morgan fingerprint density at radius 2 is 1.52 bits per heavy atom. The molecule has 0 fully saturated rings. The maximum atomic E-state index is 12.0. The van der Waals surface area contributed by atoms with Crippen LogP contribution < -0.4 is 10.2 Å². The Morgan fingerprint density at radius 3 is 2.19 bits per heavy atom. The number of nitrogens with zero attached hydrogens (tertiary/aromatic N) is 1. The zero-order valence-corrected chi connectivity index (χ0v) is 18.1. The molecule has 0 aliphatic rings. The number of hydrogen-bond donors (Lipinski definition) is 1. The van der Waals surface area contributed by atoms with Gasteiger partial charge in [0.25, 0.3) is 0 Å². The van der Waals surface area contributed by atoms with Crippen LogP contribution in [0.5, 0.6) is 0 Å². The van der Waals surface area contributed by atoms with E-state index in [4.69, 9.17) is 9.47 Å². The largest absolute Gasteiger partial charge is 0.469 e. The average molecular weight is 421 g/mol. The van der Waals surface area contributed by atoms with Crippen molar-refractivity contribution in [1.29, 1.82) is 0 Å². The highest BCUT2D eigenvalue weighted by Gasteiger charge is 2.21. The van der Waals surface area contributed by atoms with Gasteiger partial charge in [-0.1, -0.05) is 54.6 Å². The number of fused-ring (bicyclic) bond motifs is 1. The SMILES string of the molecule is COC(=O)CNc1ccc(N(Cc2ccccc2)C(C)CC(=O)OC)c2ccccc12. The van der Waals surface area contributed by atoms with Gasteiger partial charge < -0.3 is 19.7 Å². The maximum Gasteiger partial charge on any atom is 0.325 e. The van der Waals surface area contributed by atoms with Gasteiger partial charge in [-0.3, -0.25) is 9.59 Å². The van der Waals surface area contributed by atoms with Crippen LogP contribution in [0.1, 0.15) is 18.9 Å². The van der Waals surface area contributed by atoms with Crippen molar-refractivity contribution < 1.29 is 19.1 Å². The first kappa shape index (κ1) is 22.2. The number of rotatable bonds is 9. The molecule has 3 aromatic carbocycles. The number of carbonyl (C=O) groups excluding carboxylic acids is 2. The molecule has 31 heavy (non-hydrogen) atoms. The Morgan fingerprint density at radius 1 is 0.871 bits per heavy atom. The van der Waals surface area contributed by atoms with E-state index in [1.54, 1.807) is 0 Å². The third-order valence-corrected chi connectivity index (χ3v) is 5.28. The van der Waals surface area contributed by atoms with Gasteiger partial charge in [-0.2, -0.15) is 0 Å². The molecule has 1 N–H and O–H groups in total. The van der Waals surface area contributed by atoms with Crippen molar-refractivity contribution in [3.63, 3.8) is 0 Å². The Hall–Kier alpha value is -3.54. The van der Waals surface area contributed by atoms with E-state index in [1.807, 2.05) is 55.5 Å². The lowest BCUT2D eigenvalue weighted by Gasteiger charge is -2.32. The van der Waals surface area contributed by atoms with Gasteiger partial charge in [0.05, 0.1) is 20.6 Å². The number of esters is 2. The van der Waals surface area contributed by atoms with Gasteiger partial charge in [0.1, 0.15) is 6.54 Å². The van der Waals surface area contributed by atoms with E-state index >= 15 is 0 Å². The fourth-order valence-corrected chi connectivity index (χ4v) is 3.62. The molecule has 162 valence electrons. The Labute approximate surface area is 182 Å². The van der Waals surface area contributed by atoms with E-state index in [2.05, 4.69) is 28.4 Å². The van der Waals surface area contributed by atoms with Crippen molar-refractivity contribution in [3.8, 4) is 0 Å². The zero-order valence-electron chi connectivity index (χ0n) is 18.1. The van der Waals surface area contributed by atoms with Crippen LogP contribution in [0.4, 0.5) is 11.4 Å². The van der Waals surface area contributed by atoms with E-state index in [-0.39, 0.29) is 30.9 Å². The normalized spacial score (nSPS) is 11.6. The first-order valence-electron chi connectivity index (χ1n) is 10.2. The van der Waals surface area contributed by atoms with Gasteiger partial charge in [0.15, 0.2) is 0 Å². The monoisotopic (exact) mass is 420 g/mol. The van der Waals surface area contributed by atoms with Crippen LogP contribution in [-0.2, 0) is 25.6 Å². The van der Waals surface area contributed by atoms with Crippen molar-refractivity contribution in [3.05, 3.63) is 72.3 Å². The summed E-state index contributed by atoms with van der Waals surface area (Å²) in [6, 6.07) is 22.1. The number of anilines is 2. The number of benzene rings is 3. The lowest BCUT2D eigenvalue weighted by Crippen LogP contribution is -2.34. The Bertz CT molecular complexity index is 1040. The minimum atomic E-state index is -0.328. The lowest BCUT2D eigenvalue weighted by atomic mass is 10.0. The summed E-state index contributed by atoms with van der Waals surface area (Å²) in [5, 5.41) is 5.18. The number of hydrogen-bond acceptors (Lipinski definition) is 6. The number of nitrogens with one attached hydrogen (secondary N) is 1. The third-order valence-electron chi connectivity index (χ3n) is 5.28. The van der Waals surface area contributed by atoms with Crippen LogP contribution in [0.15, 0.2) is 66.7 Å². The summed E-state index contributed by atoms with van der Waals surface area (Å²) in [6.07, 6.45) is 0.278. The molecule has 6 nitrogen and oxygen atoms in total. The molecule has 0 saturated heterocycles. The van der Waals surface area contributed by atoms with Gasteiger partial charge in [-0.25, -0.2) is 0 Å². The van der Waals surface area contributed by atoms with Crippen LogP contribution in [-0.4, -0.2) is 38.7 Å². The predicted molar refractivity (Wildman–Crippen MR) is 123 cm³/mol. The van der Waals surface area contributed by atoms with Crippen molar-refractivity contribution >= 4 is 34.1 Å². The van der Waals surface area contributed by atoms with E-state index in [1.165, 1.54) is 14.2 Å². The molecule has 0 aliphatic heterocycles. The quantitative estimate of drug-likeness (QED) is 0.518. The fourth-order valence-electron chi connectivity index (χ4n) is 3.62. The highest BCUT2D eigenvalue weighted by molar-refractivity contribution is 6.02. The first-order chi connectivity index (χ1) is 15.0. The highest BCUT2D eigenvalue weighted by Crippen LogP contribution is 2.34. The molecule has 0 aromatic heterocycles. The molecule has 3 aromatic rings. The van der Waals surface area contributed by atoms with Gasteiger partial charge in [-0.15, -0.1) is 0 Å². The van der Waals surface area contributed by atoms with Crippen molar-refractivity contribution in [2.45, 2.75) is 25.9 Å². The second-order valence-electron chi connectivity index (χ2n) is 7.35. The Kier molecular flexibility index (Phi) is 7.49. The molecule has 1 atom stereocenters. The topological polar surface area (TPSA) is 67.9 Å². The summed E-state index contributed by atoms with van der Waals surface area (Å²) in [6.45, 7) is 2.77. The van der Waals surface area contributed by atoms with Crippen LogP contribution >= 0.6 is 0 Å². The molecular weight excluding hydrogens is 392 g/mol. The van der Waals surface area contributed by atoms with Crippen LogP contribution in [0, 0.1) is 0 Å². The molecule has 3 rings (SSSR count). The van der Waals surface area contributed by atoms with Gasteiger partial charge in [0, 0.05) is 34.7 Å².